The van der Waals surface area contributed by atoms with Crippen LogP contribution in [0.4, 0.5) is 0 Å². The van der Waals surface area contributed by atoms with Crippen LogP contribution in [0.3, 0.4) is 0 Å². The summed E-state index contributed by atoms with van der Waals surface area (Å²) in [5, 5.41) is 10.1. The molecule has 1 aromatic rings. The van der Waals surface area contributed by atoms with Crippen molar-refractivity contribution >= 4 is 17.5 Å². The summed E-state index contributed by atoms with van der Waals surface area (Å²) in [6.45, 7) is 1.41. The molecule has 1 aromatic carbocycles. The maximum Gasteiger partial charge on any atom is 0.243 e. The van der Waals surface area contributed by atoms with E-state index in [0.29, 0.717) is 37.6 Å². The lowest BCUT2D eigenvalue weighted by molar-refractivity contribution is -0.142. The highest BCUT2D eigenvalue weighted by Crippen LogP contribution is 2.32. The molecule has 0 saturated carbocycles. The molecule has 0 spiro atoms. The van der Waals surface area contributed by atoms with Crippen LogP contribution in [-0.4, -0.2) is 31.1 Å². The van der Waals surface area contributed by atoms with E-state index in [4.69, 9.17) is 16.3 Å². The SMILES string of the molecule is CN(Cc1ccc(Cl)cc1)C(=O)C1(C#N)CCOCC1. The van der Waals surface area contributed by atoms with Crippen LogP contribution in [-0.2, 0) is 16.1 Å². The molecule has 0 atom stereocenters. The Kier molecular flexibility index (Phi) is 4.64. The summed E-state index contributed by atoms with van der Waals surface area (Å²) in [5.41, 5.74) is 0.0600. The molecule has 1 saturated heterocycles. The number of amides is 1. The van der Waals surface area contributed by atoms with Gasteiger partial charge in [0.15, 0.2) is 0 Å². The van der Waals surface area contributed by atoms with Gasteiger partial charge in [-0.25, -0.2) is 0 Å². The van der Waals surface area contributed by atoms with Crippen LogP contribution in [0.25, 0.3) is 0 Å². The number of nitrogens with zero attached hydrogens (tertiary/aromatic N) is 2. The van der Waals surface area contributed by atoms with Gasteiger partial charge in [0.25, 0.3) is 0 Å². The third kappa shape index (κ3) is 3.12. The Morgan fingerprint density at radius 2 is 2.00 bits per heavy atom. The highest BCUT2D eigenvalue weighted by Gasteiger charge is 2.42. The second-order valence-corrected chi connectivity index (χ2v) is 5.53. The van der Waals surface area contributed by atoms with Crippen LogP contribution >= 0.6 is 11.6 Å². The molecule has 0 aromatic heterocycles. The summed E-state index contributed by atoms with van der Waals surface area (Å²) in [7, 11) is 1.73. The highest BCUT2D eigenvalue weighted by molar-refractivity contribution is 6.30. The first kappa shape index (κ1) is 14.8. The molecule has 1 aliphatic heterocycles. The summed E-state index contributed by atoms with van der Waals surface area (Å²) >= 11 is 5.84. The van der Waals surface area contributed by atoms with E-state index in [2.05, 4.69) is 6.07 Å². The topological polar surface area (TPSA) is 53.3 Å². The van der Waals surface area contributed by atoms with E-state index < -0.39 is 5.41 Å². The van der Waals surface area contributed by atoms with Crippen molar-refractivity contribution in [1.29, 1.82) is 5.26 Å². The lowest BCUT2D eigenvalue weighted by Gasteiger charge is -2.33. The average molecular weight is 293 g/mol. The van der Waals surface area contributed by atoms with Crippen molar-refractivity contribution in [2.24, 2.45) is 5.41 Å². The second kappa shape index (κ2) is 6.25. The molecule has 0 N–H and O–H groups in total. The van der Waals surface area contributed by atoms with Gasteiger partial charge in [0.2, 0.25) is 5.91 Å². The molecule has 0 radical (unpaired) electrons. The lowest BCUT2D eigenvalue weighted by atomic mass is 9.80. The molecule has 1 heterocycles. The Morgan fingerprint density at radius 3 is 2.55 bits per heavy atom. The van der Waals surface area contributed by atoms with Gasteiger partial charge in [-0.05, 0) is 30.5 Å². The minimum absolute atomic E-state index is 0.127. The van der Waals surface area contributed by atoms with E-state index >= 15 is 0 Å². The molecule has 0 bridgehead atoms. The van der Waals surface area contributed by atoms with Crippen LogP contribution in [0.2, 0.25) is 5.02 Å². The zero-order chi connectivity index (χ0) is 14.6. The largest absolute Gasteiger partial charge is 0.381 e. The number of ether oxygens (including phenoxy) is 1. The number of hydrogen-bond acceptors (Lipinski definition) is 3. The Morgan fingerprint density at radius 1 is 1.40 bits per heavy atom. The molecule has 106 valence electrons. The molecule has 0 aliphatic carbocycles. The minimum Gasteiger partial charge on any atom is -0.381 e. The van der Waals surface area contributed by atoms with Gasteiger partial charge in [0, 0.05) is 31.8 Å². The molecule has 5 heteroatoms. The third-order valence-electron chi connectivity index (χ3n) is 3.65. The number of rotatable bonds is 3. The lowest BCUT2D eigenvalue weighted by Crippen LogP contribution is -2.44. The maximum atomic E-state index is 12.5. The van der Waals surface area contributed by atoms with Crippen molar-refractivity contribution in [3.63, 3.8) is 0 Å². The molecule has 4 nitrogen and oxygen atoms in total. The second-order valence-electron chi connectivity index (χ2n) is 5.09. The van der Waals surface area contributed by atoms with E-state index in [9.17, 15) is 10.1 Å². The van der Waals surface area contributed by atoms with E-state index in [0.717, 1.165) is 5.56 Å². The van der Waals surface area contributed by atoms with E-state index in [1.165, 1.54) is 0 Å². The Balaban J connectivity index is 2.07. The van der Waals surface area contributed by atoms with Gasteiger partial charge in [-0.3, -0.25) is 4.79 Å². The van der Waals surface area contributed by atoms with Gasteiger partial charge < -0.3 is 9.64 Å². The predicted molar refractivity (Wildman–Crippen MR) is 76.0 cm³/mol. The van der Waals surface area contributed by atoms with E-state index in [1.807, 2.05) is 12.1 Å². The smallest absolute Gasteiger partial charge is 0.243 e. The van der Waals surface area contributed by atoms with Crippen molar-refractivity contribution in [1.82, 2.24) is 4.90 Å². The van der Waals surface area contributed by atoms with Crippen molar-refractivity contribution in [2.45, 2.75) is 19.4 Å². The fourth-order valence-electron chi connectivity index (χ4n) is 2.39. The zero-order valence-corrected chi connectivity index (χ0v) is 12.2. The average Bonchev–Trinajstić information content (AvgIpc) is 2.49. The molecule has 1 aliphatic rings. The quantitative estimate of drug-likeness (QED) is 0.860. The first-order valence-corrected chi connectivity index (χ1v) is 6.94. The fourth-order valence-corrected chi connectivity index (χ4v) is 2.52. The number of hydrogen-bond donors (Lipinski definition) is 0. The molecule has 0 unspecified atom stereocenters. The molecular formula is C15H17ClN2O2. The minimum atomic E-state index is -0.931. The van der Waals surface area contributed by atoms with Crippen LogP contribution < -0.4 is 0 Å². The van der Waals surface area contributed by atoms with Gasteiger partial charge in [0.1, 0.15) is 5.41 Å². The van der Waals surface area contributed by atoms with Gasteiger partial charge in [-0.1, -0.05) is 23.7 Å². The fraction of sp³-hybridized carbons (Fsp3) is 0.467. The Labute approximate surface area is 123 Å². The van der Waals surface area contributed by atoms with Gasteiger partial charge in [-0.2, -0.15) is 5.26 Å². The molecule has 1 fully saturated rings. The monoisotopic (exact) mass is 292 g/mol. The number of halogens is 1. The standard InChI is InChI=1S/C15H17ClN2O2/c1-18(10-12-2-4-13(16)5-3-12)14(19)15(11-17)6-8-20-9-7-15/h2-5H,6-10H2,1H3. The van der Waals surface area contributed by atoms with Crippen molar-refractivity contribution in [2.75, 3.05) is 20.3 Å². The summed E-state index contributed by atoms with van der Waals surface area (Å²) in [4.78, 5) is 14.2. The predicted octanol–water partition coefficient (Wildman–Crippen LogP) is 2.62. The number of benzene rings is 1. The Bertz CT molecular complexity index is 516. The first-order valence-electron chi connectivity index (χ1n) is 6.56. The van der Waals surface area contributed by atoms with Crippen LogP contribution in [0.1, 0.15) is 18.4 Å². The molecule has 2 rings (SSSR count). The molecule has 20 heavy (non-hydrogen) atoms. The van der Waals surface area contributed by atoms with Crippen molar-refractivity contribution in [3.05, 3.63) is 34.9 Å². The maximum absolute atomic E-state index is 12.5. The van der Waals surface area contributed by atoms with Gasteiger partial charge in [0.05, 0.1) is 6.07 Å². The highest BCUT2D eigenvalue weighted by atomic mass is 35.5. The number of carbonyl (C=O) groups excluding carboxylic acids is 1. The number of carbonyl (C=O) groups is 1. The van der Waals surface area contributed by atoms with Crippen molar-refractivity contribution in [3.8, 4) is 6.07 Å². The number of nitriles is 1. The van der Waals surface area contributed by atoms with Crippen molar-refractivity contribution < 1.29 is 9.53 Å². The first-order chi connectivity index (χ1) is 9.57. The molecule has 1 amide bonds. The van der Waals surface area contributed by atoms with Gasteiger partial charge >= 0.3 is 0 Å². The molecular weight excluding hydrogens is 276 g/mol. The van der Waals surface area contributed by atoms with Crippen LogP contribution in [0.5, 0.6) is 0 Å². The Hall–Kier alpha value is -1.57. The zero-order valence-electron chi connectivity index (χ0n) is 11.4. The van der Waals surface area contributed by atoms with Crippen LogP contribution in [0, 0.1) is 16.7 Å². The third-order valence-corrected chi connectivity index (χ3v) is 3.90. The van der Waals surface area contributed by atoms with Gasteiger partial charge in [-0.15, -0.1) is 0 Å². The summed E-state index contributed by atoms with van der Waals surface area (Å²) in [6, 6.07) is 9.56. The van der Waals surface area contributed by atoms with E-state index in [-0.39, 0.29) is 5.91 Å². The summed E-state index contributed by atoms with van der Waals surface area (Å²) < 4.78 is 5.25. The summed E-state index contributed by atoms with van der Waals surface area (Å²) in [6.07, 6.45) is 0.931. The summed E-state index contributed by atoms with van der Waals surface area (Å²) in [5.74, 6) is -0.127. The van der Waals surface area contributed by atoms with E-state index in [1.54, 1.807) is 24.1 Å². The normalized spacial score (nSPS) is 17.2. The van der Waals surface area contributed by atoms with Crippen LogP contribution in [0.15, 0.2) is 24.3 Å².